The second-order valence-electron chi connectivity index (χ2n) is 6.15. The van der Waals surface area contributed by atoms with E-state index < -0.39 is 6.04 Å². The quantitative estimate of drug-likeness (QED) is 0.905. The zero-order valence-electron chi connectivity index (χ0n) is 13.0. The van der Waals surface area contributed by atoms with E-state index in [9.17, 15) is 4.79 Å². The fourth-order valence-electron chi connectivity index (χ4n) is 3.40. The van der Waals surface area contributed by atoms with Gasteiger partial charge in [-0.3, -0.25) is 4.79 Å². The van der Waals surface area contributed by atoms with Crippen LogP contribution in [0.5, 0.6) is 0 Å². The molecule has 5 heteroatoms. The molecule has 3 rings (SSSR count). The number of nitrogens with two attached hydrogens (primary N) is 1. The zero-order chi connectivity index (χ0) is 14.8. The molecule has 1 aromatic rings. The first-order valence-electron chi connectivity index (χ1n) is 7.87. The number of hydrogen-bond donors (Lipinski definition) is 1. The number of rotatable bonds is 5. The predicted octanol–water partition coefficient (Wildman–Crippen LogP) is 2.45. The van der Waals surface area contributed by atoms with Crippen LogP contribution in [0.25, 0.3) is 0 Å². The molecule has 1 saturated carbocycles. The Bertz CT molecular complexity index is 519. The van der Waals surface area contributed by atoms with Gasteiger partial charge in [-0.1, -0.05) is 24.3 Å². The van der Waals surface area contributed by atoms with Gasteiger partial charge in [0.1, 0.15) is 6.04 Å². The third kappa shape index (κ3) is 3.45. The number of nitrogens with zero attached hydrogens (tertiary/aromatic N) is 1. The third-order valence-corrected chi connectivity index (χ3v) is 4.53. The summed E-state index contributed by atoms with van der Waals surface area (Å²) in [5.41, 5.74) is 8.70. The van der Waals surface area contributed by atoms with Crippen LogP contribution < -0.4 is 5.73 Å². The Morgan fingerprint density at radius 1 is 1.36 bits per heavy atom. The second kappa shape index (κ2) is 7.44. The Kier molecular flexibility index (Phi) is 5.84. The van der Waals surface area contributed by atoms with E-state index >= 15 is 0 Å². The molecule has 1 aromatic carbocycles. The molecule has 0 aromatic heterocycles. The average Bonchev–Trinajstić information content (AvgIpc) is 3.33. The first-order valence-corrected chi connectivity index (χ1v) is 7.87. The number of carbonyl (C=O) groups is 1. The van der Waals surface area contributed by atoms with Crippen molar-refractivity contribution in [2.24, 2.45) is 5.73 Å². The summed E-state index contributed by atoms with van der Waals surface area (Å²) in [6.45, 7) is 0.288. The Morgan fingerprint density at radius 2 is 2.09 bits per heavy atom. The molecule has 2 aliphatic carbocycles. The van der Waals surface area contributed by atoms with E-state index in [1.165, 1.54) is 11.1 Å². The van der Waals surface area contributed by atoms with Crippen molar-refractivity contribution >= 4 is 18.3 Å². The molecule has 0 saturated heterocycles. The molecular formula is C17H25ClN2O2. The normalized spacial score (nSPS) is 21.5. The van der Waals surface area contributed by atoms with Crippen molar-refractivity contribution in [3.63, 3.8) is 0 Å². The summed E-state index contributed by atoms with van der Waals surface area (Å²) in [4.78, 5) is 14.8. The summed E-state index contributed by atoms with van der Waals surface area (Å²) >= 11 is 0. The maximum atomic E-state index is 12.7. The van der Waals surface area contributed by atoms with Gasteiger partial charge >= 0.3 is 0 Å². The van der Waals surface area contributed by atoms with Gasteiger partial charge in [-0.05, 0) is 43.2 Å². The highest BCUT2D eigenvalue weighted by molar-refractivity contribution is 5.85. The number of halogens is 1. The van der Waals surface area contributed by atoms with Crippen LogP contribution in [0.4, 0.5) is 0 Å². The van der Waals surface area contributed by atoms with Crippen molar-refractivity contribution in [2.75, 3.05) is 13.7 Å². The van der Waals surface area contributed by atoms with Gasteiger partial charge in [0.05, 0.1) is 12.6 Å². The van der Waals surface area contributed by atoms with Crippen molar-refractivity contribution in [1.82, 2.24) is 4.90 Å². The maximum absolute atomic E-state index is 12.7. The van der Waals surface area contributed by atoms with Gasteiger partial charge in [0.2, 0.25) is 5.91 Å². The SMILES string of the molecule is COCC(N)C(=O)N(C1CC1)C1CCCc2ccccc21.Cl. The van der Waals surface area contributed by atoms with Gasteiger partial charge in [0.25, 0.3) is 0 Å². The summed E-state index contributed by atoms with van der Waals surface area (Å²) < 4.78 is 5.06. The van der Waals surface area contributed by atoms with E-state index in [0.29, 0.717) is 6.04 Å². The van der Waals surface area contributed by atoms with Crippen LogP contribution in [-0.4, -0.2) is 36.6 Å². The topological polar surface area (TPSA) is 55.6 Å². The molecule has 2 atom stereocenters. The number of methoxy groups -OCH3 is 1. The van der Waals surface area contributed by atoms with E-state index in [1.54, 1.807) is 7.11 Å². The van der Waals surface area contributed by atoms with E-state index in [1.807, 2.05) is 0 Å². The minimum absolute atomic E-state index is 0. The first-order chi connectivity index (χ1) is 10.2. The number of hydrogen-bond acceptors (Lipinski definition) is 3. The molecule has 2 aliphatic rings. The standard InChI is InChI=1S/C17H24N2O2.ClH/c1-21-11-15(18)17(20)19(13-9-10-13)16-8-4-6-12-5-2-3-7-14(12)16;/h2-3,5,7,13,15-16H,4,6,8-11,18H2,1H3;1H. The summed E-state index contributed by atoms with van der Waals surface area (Å²) in [5.74, 6) is 0.0426. The lowest BCUT2D eigenvalue weighted by molar-refractivity contribution is -0.137. The molecule has 0 spiro atoms. The summed E-state index contributed by atoms with van der Waals surface area (Å²) in [6, 6.07) is 8.53. The number of amides is 1. The van der Waals surface area contributed by atoms with Crippen LogP contribution in [0.3, 0.4) is 0 Å². The summed E-state index contributed by atoms with van der Waals surface area (Å²) in [5, 5.41) is 0. The molecule has 0 bridgehead atoms. The van der Waals surface area contributed by atoms with Gasteiger partial charge in [0.15, 0.2) is 0 Å². The fraction of sp³-hybridized carbons (Fsp3) is 0.588. The van der Waals surface area contributed by atoms with Crippen molar-refractivity contribution in [3.8, 4) is 0 Å². The minimum atomic E-state index is -0.551. The maximum Gasteiger partial charge on any atom is 0.242 e. The van der Waals surface area contributed by atoms with Gasteiger partial charge < -0.3 is 15.4 Å². The van der Waals surface area contributed by atoms with Crippen LogP contribution in [0, 0.1) is 0 Å². The van der Waals surface area contributed by atoms with Crippen molar-refractivity contribution in [1.29, 1.82) is 0 Å². The summed E-state index contributed by atoms with van der Waals surface area (Å²) in [7, 11) is 1.59. The molecule has 0 heterocycles. The predicted molar refractivity (Wildman–Crippen MR) is 89.1 cm³/mol. The molecule has 22 heavy (non-hydrogen) atoms. The number of carbonyl (C=O) groups excluding carboxylic acids is 1. The lowest BCUT2D eigenvalue weighted by atomic mass is 9.86. The van der Waals surface area contributed by atoms with E-state index in [4.69, 9.17) is 10.5 Å². The highest BCUT2D eigenvalue weighted by atomic mass is 35.5. The van der Waals surface area contributed by atoms with Crippen LogP contribution >= 0.6 is 12.4 Å². The molecule has 4 nitrogen and oxygen atoms in total. The zero-order valence-corrected chi connectivity index (χ0v) is 13.8. The minimum Gasteiger partial charge on any atom is -0.383 e. The molecule has 122 valence electrons. The van der Waals surface area contributed by atoms with E-state index in [0.717, 1.165) is 32.1 Å². The third-order valence-electron chi connectivity index (χ3n) is 4.53. The van der Waals surface area contributed by atoms with Crippen LogP contribution in [0.15, 0.2) is 24.3 Å². The highest BCUT2D eigenvalue weighted by Gasteiger charge is 2.40. The Morgan fingerprint density at radius 3 is 2.77 bits per heavy atom. The molecule has 1 fully saturated rings. The molecule has 0 radical (unpaired) electrons. The van der Waals surface area contributed by atoms with Crippen molar-refractivity contribution < 1.29 is 9.53 Å². The van der Waals surface area contributed by atoms with Gasteiger partial charge in [-0.15, -0.1) is 12.4 Å². The molecule has 0 aliphatic heterocycles. The van der Waals surface area contributed by atoms with Crippen molar-refractivity contribution in [3.05, 3.63) is 35.4 Å². The molecule has 1 amide bonds. The Hall–Kier alpha value is -1.10. The second-order valence-corrected chi connectivity index (χ2v) is 6.15. The van der Waals surface area contributed by atoms with E-state index in [-0.39, 0.29) is 31.0 Å². The first kappa shape index (κ1) is 17.3. The van der Waals surface area contributed by atoms with Crippen LogP contribution in [0.2, 0.25) is 0 Å². The average molecular weight is 325 g/mol. The molecule has 2 N–H and O–H groups in total. The Balaban J connectivity index is 0.00000176. The highest BCUT2D eigenvalue weighted by Crippen LogP contribution is 2.40. The largest absolute Gasteiger partial charge is 0.383 e. The Labute approximate surface area is 138 Å². The number of benzene rings is 1. The fourth-order valence-corrected chi connectivity index (χ4v) is 3.40. The smallest absolute Gasteiger partial charge is 0.242 e. The van der Waals surface area contributed by atoms with Crippen molar-refractivity contribution in [2.45, 2.75) is 50.2 Å². The van der Waals surface area contributed by atoms with Crippen LogP contribution in [0.1, 0.15) is 42.9 Å². The lowest BCUT2D eigenvalue weighted by Crippen LogP contribution is -2.49. The van der Waals surface area contributed by atoms with Gasteiger partial charge in [-0.2, -0.15) is 0 Å². The number of aryl methyl sites for hydroxylation is 1. The molecule has 2 unspecified atom stereocenters. The summed E-state index contributed by atoms with van der Waals surface area (Å²) in [6.07, 6.45) is 5.49. The van der Waals surface area contributed by atoms with Gasteiger partial charge in [0, 0.05) is 13.2 Å². The monoisotopic (exact) mass is 324 g/mol. The number of fused-ring (bicyclic) bond motifs is 1. The van der Waals surface area contributed by atoms with E-state index in [2.05, 4.69) is 29.2 Å². The molecular weight excluding hydrogens is 300 g/mol. The number of ether oxygens (including phenoxy) is 1. The van der Waals surface area contributed by atoms with Gasteiger partial charge in [-0.25, -0.2) is 0 Å². The lowest BCUT2D eigenvalue weighted by Gasteiger charge is -2.37. The van der Waals surface area contributed by atoms with Crippen LogP contribution in [-0.2, 0) is 16.0 Å².